The Morgan fingerprint density at radius 1 is 1.18 bits per heavy atom. The van der Waals surface area contributed by atoms with Crippen LogP contribution in [0.4, 0.5) is 0 Å². The van der Waals surface area contributed by atoms with Crippen LogP contribution in [0.25, 0.3) is 0 Å². The highest BCUT2D eigenvalue weighted by Crippen LogP contribution is 2.22. The lowest BCUT2D eigenvalue weighted by Gasteiger charge is -2.40. The number of nitrogens with zero attached hydrogens (tertiary/aromatic N) is 1. The van der Waals surface area contributed by atoms with Crippen molar-refractivity contribution in [2.75, 3.05) is 19.8 Å². The van der Waals surface area contributed by atoms with Gasteiger partial charge in [0.25, 0.3) is 0 Å². The van der Waals surface area contributed by atoms with Crippen LogP contribution in [0.1, 0.15) is 59.8 Å². The summed E-state index contributed by atoms with van der Waals surface area (Å²) in [6.07, 6.45) is 6.40. The molecule has 1 rings (SSSR count). The topological polar surface area (TPSA) is 12.5 Å². The van der Waals surface area contributed by atoms with Crippen LogP contribution < -0.4 is 0 Å². The Bertz CT molecular complexity index is 183. The Hall–Kier alpha value is -0.0800. The summed E-state index contributed by atoms with van der Waals surface area (Å²) >= 11 is 0. The SMILES string of the molecule is CCC[C@H](CC)N(CC(C)C)C1CCOCC1. The highest BCUT2D eigenvalue weighted by Gasteiger charge is 2.26. The van der Waals surface area contributed by atoms with Crippen molar-refractivity contribution in [1.82, 2.24) is 4.90 Å². The number of hydrogen-bond donors (Lipinski definition) is 0. The van der Waals surface area contributed by atoms with E-state index in [1.54, 1.807) is 0 Å². The fourth-order valence-electron chi connectivity index (χ4n) is 2.97. The van der Waals surface area contributed by atoms with Crippen molar-refractivity contribution in [3.63, 3.8) is 0 Å². The zero-order chi connectivity index (χ0) is 12.7. The highest BCUT2D eigenvalue weighted by atomic mass is 16.5. The van der Waals surface area contributed by atoms with E-state index in [0.29, 0.717) is 0 Å². The maximum atomic E-state index is 5.50. The lowest BCUT2D eigenvalue weighted by atomic mass is 9.98. The van der Waals surface area contributed by atoms with E-state index in [4.69, 9.17) is 4.74 Å². The van der Waals surface area contributed by atoms with Crippen LogP contribution in [-0.4, -0.2) is 36.7 Å². The van der Waals surface area contributed by atoms with Crippen LogP contribution in [0.3, 0.4) is 0 Å². The monoisotopic (exact) mass is 241 g/mol. The van der Waals surface area contributed by atoms with Crippen molar-refractivity contribution < 1.29 is 4.74 Å². The van der Waals surface area contributed by atoms with Gasteiger partial charge < -0.3 is 4.74 Å². The predicted octanol–water partition coefficient (Wildman–Crippen LogP) is 3.70. The first-order chi connectivity index (χ1) is 8.19. The van der Waals surface area contributed by atoms with Crippen molar-refractivity contribution in [2.45, 2.75) is 71.9 Å². The Morgan fingerprint density at radius 2 is 1.82 bits per heavy atom. The molecule has 0 amide bonds. The molecule has 1 aliphatic rings. The molecule has 0 N–H and O–H groups in total. The van der Waals surface area contributed by atoms with Crippen LogP contribution in [-0.2, 0) is 4.74 Å². The van der Waals surface area contributed by atoms with E-state index in [9.17, 15) is 0 Å². The molecular formula is C15H31NO. The van der Waals surface area contributed by atoms with Crippen molar-refractivity contribution in [2.24, 2.45) is 5.92 Å². The molecule has 1 heterocycles. The Labute approximate surface area is 108 Å². The van der Waals surface area contributed by atoms with E-state index in [2.05, 4.69) is 32.6 Å². The predicted molar refractivity (Wildman–Crippen MR) is 74.4 cm³/mol. The Kier molecular flexibility index (Phi) is 7.14. The molecule has 0 aromatic heterocycles. The largest absolute Gasteiger partial charge is 0.381 e. The van der Waals surface area contributed by atoms with Gasteiger partial charge in [0, 0.05) is 31.8 Å². The summed E-state index contributed by atoms with van der Waals surface area (Å²) in [5.41, 5.74) is 0. The third kappa shape index (κ3) is 4.97. The third-order valence-corrected chi connectivity index (χ3v) is 3.80. The fourth-order valence-corrected chi connectivity index (χ4v) is 2.97. The van der Waals surface area contributed by atoms with E-state index in [1.807, 2.05) is 0 Å². The van der Waals surface area contributed by atoms with Gasteiger partial charge in [0.15, 0.2) is 0 Å². The first kappa shape index (κ1) is 15.0. The van der Waals surface area contributed by atoms with Gasteiger partial charge in [-0.25, -0.2) is 0 Å². The van der Waals surface area contributed by atoms with E-state index >= 15 is 0 Å². The van der Waals surface area contributed by atoms with Gasteiger partial charge in [-0.3, -0.25) is 4.90 Å². The molecule has 1 aliphatic heterocycles. The molecule has 2 nitrogen and oxygen atoms in total. The molecular weight excluding hydrogens is 210 g/mol. The van der Waals surface area contributed by atoms with Crippen molar-refractivity contribution in [3.8, 4) is 0 Å². The summed E-state index contributed by atoms with van der Waals surface area (Å²) in [6, 6.07) is 1.55. The molecule has 0 spiro atoms. The lowest BCUT2D eigenvalue weighted by Crippen LogP contribution is -2.47. The average Bonchev–Trinajstić information content (AvgIpc) is 2.34. The minimum absolute atomic E-state index is 0.766. The molecule has 0 aromatic carbocycles. The van der Waals surface area contributed by atoms with Gasteiger partial charge >= 0.3 is 0 Å². The van der Waals surface area contributed by atoms with Crippen molar-refractivity contribution >= 4 is 0 Å². The zero-order valence-electron chi connectivity index (χ0n) is 12.2. The van der Waals surface area contributed by atoms with Crippen LogP contribution in [0.2, 0.25) is 0 Å². The quantitative estimate of drug-likeness (QED) is 0.674. The summed E-state index contributed by atoms with van der Waals surface area (Å²) in [7, 11) is 0. The van der Waals surface area contributed by atoms with Crippen LogP contribution in [0.5, 0.6) is 0 Å². The van der Waals surface area contributed by atoms with Crippen molar-refractivity contribution in [1.29, 1.82) is 0 Å². The molecule has 0 bridgehead atoms. The molecule has 1 atom stereocenters. The molecule has 102 valence electrons. The number of hydrogen-bond acceptors (Lipinski definition) is 2. The van der Waals surface area contributed by atoms with Crippen LogP contribution in [0.15, 0.2) is 0 Å². The van der Waals surface area contributed by atoms with Gasteiger partial charge in [-0.1, -0.05) is 34.1 Å². The number of ether oxygens (including phenoxy) is 1. The van der Waals surface area contributed by atoms with Crippen molar-refractivity contribution in [3.05, 3.63) is 0 Å². The van der Waals surface area contributed by atoms with Gasteiger partial charge in [0.05, 0.1) is 0 Å². The normalized spacial score (nSPS) is 20.1. The fraction of sp³-hybridized carbons (Fsp3) is 1.00. The second-order valence-electron chi connectivity index (χ2n) is 5.78. The minimum Gasteiger partial charge on any atom is -0.381 e. The molecule has 0 radical (unpaired) electrons. The zero-order valence-corrected chi connectivity index (χ0v) is 12.2. The number of rotatable bonds is 7. The average molecular weight is 241 g/mol. The molecule has 2 heteroatoms. The van der Waals surface area contributed by atoms with Gasteiger partial charge in [0.2, 0.25) is 0 Å². The van der Waals surface area contributed by atoms with E-state index in [0.717, 1.165) is 31.2 Å². The lowest BCUT2D eigenvalue weighted by molar-refractivity contribution is 0.00868. The Balaban J connectivity index is 2.62. The van der Waals surface area contributed by atoms with Gasteiger partial charge in [-0.15, -0.1) is 0 Å². The van der Waals surface area contributed by atoms with Gasteiger partial charge in [-0.2, -0.15) is 0 Å². The van der Waals surface area contributed by atoms with E-state index < -0.39 is 0 Å². The Morgan fingerprint density at radius 3 is 2.29 bits per heavy atom. The third-order valence-electron chi connectivity index (χ3n) is 3.80. The summed E-state index contributed by atoms with van der Waals surface area (Å²) < 4.78 is 5.50. The molecule has 0 unspecified atom stereocenters. The first-order valence-corrected chi connectivity index (χ1v) is 7.52. The molecule has 1 fully saturated rings. The molecule has 1 saturated heterocycles. The molecule has 17 heavy (non-hydrogen) atoms. The smallest absolute Gasteiger partial charge is 0.0480 e. The van der Waals surface area contributed by atoms with E-state index in [-0.39, 0.29) is 0 Å². The summed E-state index contributed by atoms with van der Waals surface area (Å²) in [4.78, 5) is 2.79. The molecule has 0 aliphatic carbocycles. The van der Waals surface area contributed by atoms with E-state index in [1.165, 1.54) is 38.6 Å². The highest BCUT2D eigenvalue weighted by molar-refractivity contribution is 4.81. The second-order valence-corrected chi connectivity index (χ2v) is 5.78. The van der Waals surface area contributed by atoms with Gasteiger partial charge in [-0.05, 0) is 31.6 Å². The molecule has 0 saturated carbocycles. The summed E-state index contributed by atoms with van der Waals surface area (Å²) in [6.45, 7) is 12.5. The second kappa shape index (κ2) is 8.10. The summed E-state index contributed by atoms with van der Waals surface area (Å²) in [5.74, 6) is 0.767. The summed E-state index contributed by atoms with van der Waals surface area (Å²) in [5, 5.41) is 0. The van der Waals surface area contributed by atoms with Gasteiger partial charge in [0.1, 0.15) is 0 Å². The standard InChI is InChI=1S/C15H31NO/c1-5-7-14(6-2)16(12-13(3)4)15-8-10-17-11-9-15/h13-15H,5-12H2,1-4H3/t14-/m0/s1. The first-order valence-electron chi connectivity index (χ1n) is 7.52. The van der Waals surface area contributed by atoms with Crippen LogP contribution >= 0.6 is 0 Å². The molecule has 0 aromatic rings. The maximum absolute atomic E-state index is 5.50. The maximum Gasteiger partial charge on any atom is 0.0480 e. The minimum atomic E-state index is 0.766. The van der Waals surface area contributed by atoms with Crippen LogP contribution in [0, 0.1) is 5.92 Å².